The predicted octanol–water partition coefficient (Wildman–Crippen LogP) is 3.09. The van der Waals surface area contributed by atoms with E-state index in [4.69, 9.17) is 0 Å². The summed E-state index contributed by atoms with van der Waals surface area (Å²) in [6.45, 7) is 1.40. The van der Waals surface area contributed by atoms with Crippen molar-refractivity contribution in [2.75, 3.05) is 29.5 Å². The van der Waals surface area contributed by atoms with Crippen LogP contribution in [0.3, 0.4) is 0 Å². The molecule has 0 unspecified atom stereocenters. The van der Waals surface area contributed by atoms with E-state index in [1.165, 1.54) is 18.3 Å². The first kappa shape index (κ1) is 18.4. The van der Waals surface area contributed by atoms with Crippen LogP contribution < -0.4 is 10.3 Å². The highest BCUT2D eigenvalue weighted by molar-refractivity contribution is 7.99. The van der Waals surface area contributed by atoms with Crippen molar-refractivity contribution >= 4 is 34.3 Å². The zero-order chi connectivity index (χ0) is 19.8. The number of carbonyl (C=O) groups is 1. The predicted molar refractivity (Wildman–Crippen MR) is 108 cm³/mol. The van der Waals surface area contributed by atoms with E-state index < -0.39 is 22.8 Å². The minimum absolute atomic E-state index is 0.000564. The van der Waals surface area contributed by atoms with Gasteiger partial charge in [-0.25, -0.2) is 9.18 Å². The number of hydrogen-bond acceptors (Lipinski definition) is 5. The van der Waals surface area contributed by atoms with Crippen LogP contribution in [0.1, 0.15) is 10.4 Å². The van der Waals surface area contributed by atoms with E-state index >= 15 is 0 Å². The van der Waals surface area contributed by atoms with Crippen LogP contribution in [-0.4, -0.2) is 45.3 Å². The Morgan fingerprint density at radius 2 is 1.79 bits per heavy atom. The van der Waals surface area contributed by atoms with Crippen LogP contribution in [0.5, 0.6) is 5.75 Å². The average Bonchev–Trinajstić information content (AvgIpc) is 2.69. The molecule has 0 bridgehead atoms. The summed E-state index contributed by atoms with van der Waals surface area (Å²) < 4.78 is 16.4. The molecule has 3 aromatic rings. The van der Waals surface area contributed by atoms with Crippen LogP contribution >= 0.6 is 11.8 Å². The Balaban J connectivity index is 2.01. The minimum atomic E-state index is -1.38. The number of aromatic carboxylic acids is 1. The molecule has 0 radical (unpaired) electrons. The molecule has 144 valence electrons. The molecule has 1 saturated heterocycles. The number of rotatable bonds is 3. The van der Waals surface area contributed by atoms with Crippen molar-refractivity contribution in [1.29, 1.82) is 0 Å². The van der Waals surface area contributed by atoms with Gasteiger partial charge in [0.1, 0.15) is 17.1 Å². The van der Waals surface area contributed by atoms with Gasteiger partial charge in [0.05, 0.1) is 11.2 Å². The number of benzene rings is 2. The average molecular weight is 400 g/mol. The van der Waals surface area contributed by atoms with E-state index in [1.54, 1.807) is 34.5 Å². The topological polar surface area (TPSA) is 82.8 Å². The highest BCUT2D eigenvalue weighted by Gasteiger charge is 2.21. The van der Waals surface area contributed by atoms with Crippen molar-refractivity contribution < 1.29 is 19.4 Å². The zero-order valence-electron chi connectivity index (χ0n) is 14.8. The van der Waals surface area contributed by atoms with Crippen molar-refractivity contribution in [1.82, 2.24) is 4.57 Å². The Kier molecular flexibility index (Phi) is 4.72. The summed E-state index contributed by atoms with van der Waals surface area (Å²) in [5.74, 6) is -0.0845. The number of thioether (sulfide) groups is 1. The lowest BCUT2D eigenvalue weighted by Crippen LogP contribution is -2.33. The van der Waals surface area contributed by atoms with E-state index in [9.17, 15) is 24.2 Å². The standard InChI is InChI=1S/C20H17FN2O4S/c21-16-9-14-17(10-18(16)22-5-7-28-8-6-22)23(11-15(19(14)25)20(26)27)12-1-3-13(24)4-2-12/h1-4,9-11,24H,5-8H2,(H,26,27). The number of halogens is 1. The van der Waals surface area contributed by atoms with Crippen LogP contribution in [-0.2, 0) is 0 Å². The first-order valence-corrected chi connectivity index (χ1v) is 9.85. The normalized spacial score (nSPS) is 14.4. The fourth-order valence-corrected chi connectivity index (χ4v) is 4.26. The van der Waals surface area contributed by atoms with Crippen LogP contribution in [0, 0.1) is 5.82 Å². The number of carboxylic acids is 1. The highest BCUT2D eigenvalue weighted by Crippen LogP contribution is 2.29. The molecule has 0 aliphatic carbocycles. The first-order valence-electron chi connectivity index (χ1n) is 8.70. The molecular weight excluding hydrogens is 383 g/mol. The molecular formula is C20H17FN2O4S. The second kappa shape index (κ2) is 7.20. The number of aromatic hydroxyl groups is 1. The van der Waals surface area contributed by atoms with Gasteiger partial charge in [-0.05, 0) is 36.4 Å². The molecule has 1 aliphatic rings. The molecule has 0 atom stereocenters. The summed E-state index contributed by atoms with van der Waals surface area (Å²) in [4.78, 5) is 26.1. The lowest BCUT2D eigenvalue weighted by Gasteiger charge is -2.29. The Labute approximate surface area is 163 Å². The number of aromatic nitrogens is 1. The molecule has 0 saturated carbocycles. The van der Waals surface area contributed by atoms with Gasteiger partial charge >= 0.3 is 5.97 Å². The lowest BCUT2D eigenvalue weighted by atomic mass is 10.1. The highest BCUT2D eigenvalue weighted by atomic mass is 32.2. The Morgan fingerprint density at radius 3 is 2.43 bits per heavy atom. The summed E-state index contributed by atoms with van der Waals surface area (Å²) in [6, 6.07) is 8.85. The number of hydrogen-bond donors (Lipinski definition) is 2. The monoisotopic (exact) mass is 400 g/mol. The molecule has 0 spiro atoms. The summed E-state index contributed by atoms with van der Waals surface area (Å²) in [5, 5.41) is 19.0. The third-order valence-corrected chi connectivity index (χ3v) is 5.72. The SMILES string of the molecule is O=C(O)c1cn(-c2ccc(O)cc2)c2cc(N3CCSCC3)c(F)cc2c1=O. The maximum atomic E-state index is 14.8. The van der Waals surface area contributed by atoms with Crippen molar-refractivity contribution in [3.63, 3.8) is 0 Å². The van der Waals surface area contributed by atoms with Crippen molar-refractivity contribution in [3.8, 4) is 11.4 Å². The quantitative estimate of drug-likeness (QED) is 0.703. The molecule has 2 N–H and O–H groups in total. The molecule has 8 heteroatoms. The van der Waals surface area contributed by atoms with Gasteiger partial charge in [-0.1, -0.05) is 0 Å². The maximum Gasteiger partial charge on any atom is 0.341 e. The van der Waals surface area contributed by atoms with Gasteiger partial charge in [-0.2, -0.15) is 11.8 Å². The minimum Gasteiger partial charge on any atom is -0.508 e. The number of anilines is 1. The third kappa shape index (κ3) is 3.20. The Morgan fingerprint density at radius 1 is 1.11 bits per heavy atom. The molecule has 2 heterocycles. The van der Waals surface area contributed by atoms with Gasteiger partial charge in [0.2, 0.25) is 5.43 Å². The van der Waals surface area contributed by atoms with Crippen molar-refractivity contribution in [3.05, 3.63) is 64.2 Å². The van der Waals surface area contributed by atoms with E-state index in [1.807, 2.05) is 4.90 Å². The summed E-state index contributed by atoms with van der Waals surface area (Å²) >= 11 is 1.80. The van der Waals surface area contributed by atoms with Gasteiger partial charge < -0.3 is 19.7 Å². The van der Waals surface area contributed by atoms with Crippen LogP contribution in [0.4, 0.5) is 10.1 Å². The molecule has 28 heavy (non-hydrogen) atoms. The van der Waals surface area contributed by atoms with Gasteiger partial charge in [0.25, 0.3) is 0 Å². The number of nitrogens with zero attached hydrogens (tertiary/aromatic N) is 2. The number of fused-ring (bicyclic) bond motifs is 1. The third-order valence-electron chi connectivity index (χ3n) is 4.78. The lowest BCUT2D eigenvalue weighted by molar-refractivity contribution is 0.0695. The Bertz CT molecular complexity index is 1120. The second-order valence-corrected chi connectivity index (χ2v) is 7.71. The second-order valence-electron chi connectivity index (χ2n) is 6.48. The molecule has 1 fully saturated rings. The van der Waals surface area contributed by atoms with Crippen molar-refractivity contribution in [2.45, 2.75) is 0 Å². The molecule has 6 nitrogen and oxygen atoms in total. The summed E-state index contributed by atoms with van der Waals surface area (Å²) in [5.41, 5.74) is 0.189. The van der Waals surface area contributed by atoms with E-state index in [0.717, 1.165) is 17.6 Å². The van der Waals surface area contributed by atoms with Gasteiger partial charge in [0.15, 0.2) is 0 Å². The summed E-state index contributed by atoms with van der Waals surface area (Å²) in [6.07, 6.45) is 1.24. The number of pyridine rings is 1. The molecule has 1 aliphatic heterocycles. The van der Waals surface area contributed by atoms with E-state index in [0.29, 0.717) is 30.0 Å². The fraction of sp³-hybridized carbons (Fsp3) is 0.200. The van der Waals surface area contributed by atoms with Crippen LogP contribution in [0.2, 0.25) is 0 Å². The molecule has 4 rings (SSSR count). The van der Waals surface area contributed by atoms with Gasteiger partial charge in [-0.3, -0.25) is 4.79 Å². The number of phenolic OH excluding ortho intramolecular Hbond substituents is 1. The smallest absolute Gasteiger partial charge is 0.341 e. The van der Waals surface area contributed by atoms with Crippen molar-refractivity contribution in [2.24, 2.45) is 0 Å². The maximum absolute atomic E-state index is 14.8. The fourth-order valence-electron chi connectivity index (χ4n) is 3.36. The first-order chi connectivity index (χ1) is 13.5. The molecule has 2 aromatic carbocycles. The molecule has 1 aromatic heterocycles. The summed E-state index contributed by atoms with van der Waals surface area (Å²) in [7, 11) is 0. The van der Waals surface area contributed by atoms with E-state index in [2.05, 4.69) is 0 Å². The van der Waals surface area contributed by atoms with E-state index in [-0.39, 0.29) is 11.1 Å². The Hall–Kier alpha value is -3.00. The van der Waals surface area contributed by atoms with Gasteiger partial charge in [0, 0.05) is 41.9 Å². The number of carboxylic acid groups (broad SMARTS) is 1. The molecule has 0 amide bonds. The zero-order valence-corrected chi connectivity index (χ0v) is 15.6. The number of phenols is 1. The van der Waals surface area contributed by atoms with Gasteiger partial charge in [-0.15, -0.1) is 0 Å². The largest absolute Gasteiger partial charge is 0.508 e. The van der Waals surface area contributed by atoms with Crippen LogP contribution in [0.25, 0.3) is 16.6 Å². The van der Waals surface area contributed by atoms with Crippen LogP contribution in [0.15, 0.2) is 47.4 Å².